The molecule has 0 spiro atoms. The van der Waals surface area contributed by atoms with Gasteiger partial charge in [-0.2, -0.15) is 0 Å². The van der Waals surface area contributed by atoms with Crippen LogP contribution in [0.15, 0.2) is 12.2 Å². The Morgan fingerprint density at radius 1 is 1.75 bits per heavy atom. The first kappa shape index (κ1) is 11.1. The third-order valence-electron chi connectivity index (χ3n) is 1.20. The molecule has 0 saturated heterocycles. The zero-order chi connectivity index (χ0) is 9.56. The van der Waals surface area contributed by atoms with Crippen molar-refractivity contribution in [2.24, 2.45) is 0 Å². The maximum Gasteiger partial charge on any atom is 0.343 e. The summed E-state index contributed by atoms with van der Waals surface area (Å²) in [6.45, 7) is 3.32. The van der Waals surface area contributed by atoms with Crippen LogP contribution in [0.1, 0.15) is 13.8 Å². The van der Waals surface area contributed by atoms with Gasteiger partial charge in [-0.3, -0.25) is 0 Å². The predicted octanol–water partition coefficient (Wildman–Crippen LogP) is 0.825. The Morgan fingerprint density at radius 2 is 2.33 bits per heavy atom. The van der Waals surface area contributed by atoms with Crippen molar-refractivity contribution in [3.05, 3.63) is 12.2 Å². The minimum atomic E-state index is -1.99. The van der Waals surface area contributed by atoms with Gasteiger partial charge in [0.1, 0.15) is 6.10 Å². The summed E-state index contributed by atoms with van der Waals surface area (Å²) in [5, 5.41) is 8.95. The average molecular weight is 176 g/mol. The maximum absolute atomic E-state index is 12.8. The molecular formula is C8H13FO3. The summed E-state index contributed by atoms with van der Waals surface area (Å²) in [7, 11) is 0. The van der Waals surface area contributed by atoms with Crippen LogP contribution < -0.4 is 0 Å². The van der Waals surface area contributed by atoms with Gasteiger partial charge in [0.15, 0.2) is 0 Å². The van der Waals surface area contributed by atoms with E-state index in [9.17, 15) is 9.18 Å². The molecule has 0 aromatic heterocycles. The molecule has 0 unspecified atom stereocenters. The average Bonchev–Trinajstić information content (AvgIpc) is 2.04. The van der Waals surface area contributed by atoms with Crippen LogP contribution in [0.25, 0.3) is 0 Å². The van der Waals surface area contributed by atoms with Crippen LogP contribution in [0.2, 0.25) is 0 Å². The summed E-state index contributed by atoms with van der Waals surface area (Å²) in [5.41, 5.74) is 0. The molecule has 0 amide bonds. The van der Waals surface area contributed by atoms with Crippen LogP contribution in [0, 0.1) is 0 Å². The lowest BCUT2D eigenvalue weighted by atomic mass is 10.2. The smallest absolute Gasteiger partial charge is 0.343 e. The number of aliphatic hydroxyl groups is 1. The Bertz CT molecular complexity index is 168. The van der Waals surface area contributed by atoms with Crippen molar-refractivity contribution in [1.29, 1.82) is 0 Å². The molecule has 4 heteroatoms. The van der Waals surface area contributed by atoms with E-state index in [1.807, 2.05) is 0 Å². The number of esters is 1. The highest BCUT2D eigenvalue weighted by molar-refractivity contribution is 5.75. The zero-order valence-corrected chi connectivity index (χ0v) is 7.16. The van der Waals surface area contributed by atoms with Crippen LogP contribution in [-0.4, -0.2) is 30.0 Å². The molecule has 0 aromatic rings. The van der Waals surface area contributed by atoms with Gasteiger partial charge in [-0.25, -0.2) is 9.18 Å². The van der Waals surface area contributed by atoms with Gasteiger partial charge in [0, 0.05) is 0 Å². The van der Waals surface area contributed by atoms with Crippen molar-refractivity contribution in [3.63, 3.8) is 0 Å². The molecule has 0 fully saturated rings. The highest BCUT2D eigenvalue weighted by atomic mass is 19.1. The van der Waals surface area contributed by atoms with Gasteiger partial charge < -0.3 is 9.84 Å². The lowest BCUT2D eigenvalue weighted by molar-refractivity contribution is -0.152. The van der Waals surface area contributed by atoms with Crippen molar-refractivity contribution >= 4 is 5.97 Å². The van der Waals surface area contributed by atoms with Gasteiger partial charge in [-0.1, -0.05) is 12.2 Å². The lowest BCUT2D eigenvalue weighted by Crippen LogP contribution is -2.30. The van der Waals surface area contributed by atoms with Crippen molar-refractivity contribution in [2.45, 2.75) is 26.1 Å². The van der Waals surface area contributed by atoms with E-state index in [-0.39, 0.29) is 6.61 Å². The molecule has 0 aliphatic carbocycles. The molecule has 0 aliphatic rings. The van der Waals surface area contributed by atoms with Crippen molar-refractivity contribution < 1.29 is 19.0 Å². The fourth-order valence-electron chi connectivity index (χ4n) is 0.656. The molecule has 0 radical (unpaired) electrons. The summed E-state index contributed by atoms with van der Waals surface area (Å²) in [6, 6.07) is 0. The molecule has 2 atom stereocenters. The molecule has 70 valence electrons. The van der Waals surface area contributed by atoms with E-state index in [1.165, 1.54) is 12.2 Å². The highest BCUT2D eigenvalue weighted by Gasteiger charge is 2.25. The lowest BCUT2D eigenvalue weighted by Gasteiger charge is -2.10. The summed E-state index contributed by atoms with van der Waals surface area (Å²) in [5.74, 6) is -1.02. The van der Waals surface area contributed by atoms with E-state index in [1.54, 1.807) is 13.8 Å². The topological polar surface area (TPSA) is 46.5 Å². The highest BCUT2D eigenvalue weighted by Crippen LogP contribution is 2.03. The van der Waals surface area contributed by atoms with Crippen LogP contribution in [0.5, 0.6) is 0 Å². The molecule has 12 heavy (non-hydrogen) atoms. The summed E-state index contributed by atoms with van der Waals surface area (Å²) < 4.78 is 17.2. The normalized spacial score (nSPS) is 16.0. The Kier molecular flexibility index (Phi) is 5.28. The van der Waals surface area contributed by atoms with E-state index in [4.69, 9.17) is 5.11 Å². The molecule has 0 saturated carbocycles. The Labute approximate surface area is 70.8 Å². The minimum absolute atomic E-state index is 0.113. The predicted molar refractivity (Wildman–Crippen MR) is 42.3 cm³/mol. The summed E-state index contributed by atoms with van der Waals surface area (Å²) >= 11 is 0. The quantitative estimate of drug-likeness (QED) is 0.509. The molecule has 0 aromatic carbocycles. The number of ether oxygens (including phenoxy) is 1. The van der Waals surface area contributed by atoms with Crippen LogP contribution >= 0.6 is 0 Å². The number of carbonyl (C=O) groups excluding carboxylic acids is 1. The SMILES string of the molecule is C/C=C/[C@H](O)[C@H](F)C(=O)OCC. The number of hydrogen-bond acceptors (Lipinski definition) is 3. The summed E-state index contributed by atoms with van der Waals surface area (Å²) in [4.78, 5) is 10.7. The molecule has 0 bridgehead atoms. The van der Waals surface area contributed by atoms with E-state index in [0.717, 1.165) is 0 Å². The number of rotatable bonds is 4. The van der Waals surface area contributed by atoms with Crippen LogP contribution in [0.4, 0.5) is 4.39 Å². The Balaban J connectivity index is 3.99. The van der Waals surface area contributed by atoms with Crippen LogP contribution in [-0.2, 0) is 9.53 Å². The first-order valence-corrected chi connectivity index (χ1v) is 3.75. The van der Waals surface area contributed by atoms with E-state index in [0.29, 0.717) is 0 Å². The molecule has 0 aliphatic heterocycles. The van der Waals surface area contributed by atoms with Crippen molar-refractivity contribution in [2.75, 3.05) is 6.61 Å². The minimum Gasteiger partial charge on any atom is -0.464 e. The van der Waals surface area contributed by atoms with Gasteiger partial charge in [0.2, 0.25) is 6.17 Å². The second-order valence-electron chi connectivity index (χ2n) is 2.17. The second kappa shape index (κ2) is 5.71. The van der Waals surface area contributed by atoms with E-state index >= 15 is 0 Å². The van der Waals surface area contributed by atoms with Crippen molar-refractivity contribution in [3.8, 4) is 0 Å². The number of halogens is 1. The van der Waals surface area contributed by atoms with Gasteiger partial charge >= 0.3 is 5.97 Å². The van der Waals surface area contributed by atoms with Gasteiger partial charge in [-0.15, -0.1) is 0 Å². The fraction of sp³-hybridized carbons (Fsp3) is 0.625. The van der Waals surface area contributed by atoms with Crippen molar-refractivity contribution in [1.82, 2.24) is 0 Å². The van der Waals surface area contributed by atoms with E-state index in [2.05, 4.69) is 4.74 Å². The summed E-state index contributed by atoms with van der Waals surface area (Å²) in [6.07, 6.45) is -0.729. The number of carbonyl (C=O) groups is 1. The first-order valence-electron chi connectivity index (χ1n) is 3.75. The third kappa shape index (κ3) is 3.48. The zero-order valence-electron chi connectivity index (χ0n) is 7.16. The third-order valence-corrected chi connectivity index (χ3v) is 1.20. The first-order chi connectivity index (χ1) is 5.63. The molecule has 0 heterocycles. The second-order valence-corrected chi connectivity index (χ2v) is 2.17. The molecule has 1 N–H and O–H groups in total. The standard InChI is InChI=1S/C8H13FO3/c1-3-5-6(10)7(9)8(11)12-4-2/h3,5-7,10H,4H2,1-2H3/b5-3+/t6-,7-/m0/s1. The molecular weight excluding hydrogens is 163 g/mol. The molecule has 3 nitrogen and oxygen atoms in total. The maximum atomic E-state index is 12.8. The van der Waals surface area contributed by atoms with Crippen LogP contribution in [0.3, 0.4) is 0 Å². The van der Waals surface area contributed by atoms with Gasteiger partial charge in [0.05, 0.1) is 6.61 Å². The number of alkyl halides is 1. The van der Waals surface area contributed by atoms with Gasteiger partial charge in [0.25, 0.3) is 0 Å². The Morgan fingerprint density at radius 3 is 2.75 bits per heavy atom. The fourth-order valence-corrected chi connectivity index (χ4v) is 0.656. The number of aliphatic hydroxyl groups excluding tert-OH is 1. The molecule has 0 rings (SSSR count). The number of hydrogen-bond donors (Lipinski definition) is 1. The number of allylic oxidation sites excluding steroid dienone is 1. The largest absolute Gasteiger partial charge is 0.464 e. The van der Waals surface area contributed by atoms with E-state index < -0.39 is 18.2 Å². The monoisotopic (exact) mass is 176 g/mol. The Hall–Kier alpha value is -0.900. The van der Waals surface area contributed by atoms with Gasteiger partial charge in [-0.05, 0) is 13.8 Å².